The molecule has 0 saturated carbocycles. The van der Waals surface area contributed by atoms with Gasteiger partial charge >= 0.3 is 0 Å². The van der Waals surface area contributed by atoms with Crippen molar-refractivity contribution in [2.45, 2.75) is 0 Å². The van der Waals surface area contributed by atoms with E-state index in [0.717, 1.165) is 7.05 Å². The standard InChI is InChI=1S/C8H6BrClN2O4/c1-11(14)8(13)5-2-4(9)3-6(7(5)10)12(15)16/h2-3,14H,1H3. The fourth-order valence-electron chi connectivity index (χ4n) is 1.04. The van der Waals surface area contributed by atoms with Crippen molar-refractivity contribution in [3.8, 4) is 0 Å². The molecule has 1 rings (SSSR count). The average molecular weight is 310 g/mol. The van der Waals surface area contributed by atoms with Crippen molar-refractivity contribution in [2.24, 2.45) is 0 Å². The molecule has 1 aromatic rings. The fourth-order valence-corrected chi connectivity index (χ4v) is 1.74. The Hall–Kier alpha value is -1.18. The molecule has 0 aliphatic carbocycles. The molecule has 1 N–H and O–H groups in total. The van der Waals surface area contributed by atoms with Crippen molar-refractivity contribution in [3.63, 3.8) is 0 Å². The van der Waals surface area contributed by atoms with Crippen LogP contribution >= 0.6 is 27.5 Å². The Morgan fingerprint density at radius 1 is 1.62 bits per heavy atom. The van der Waals surface area contributed by atoms with E-state index in [1.54, 1.807) is 0 Å². The Balaban J connectivity index is 3.41. The van der Waals surface area contributed by atoms with Crippen LogP contribution in [0.15, 0.2) is 16.6 Å². The minimum atomic E-state index is -0.825. The summed E-state index contributed by atoms with van der Waals surface area (Å²) < 4.78 is 0.328. The Morgan fingerprint density at radius 3 is 2.62 bits per heavy atom. The summed E-state index contributed by atoms with van der Waals surface area (Å²) in [5, 5.41) is 19.6. The lowest BCUT2D eigenvalue weighted by molar-refractivity contribution is -0.384. The first kappa shape index (κ1) is 12.9. The largest absolute Gasteiger partial charge is 0.289 e. The highest BCUT2D eigenvalue weighted by atomic mass is 79.9. The first-order valence-corrected chi connectivity index (χ1v) is 5.12. The van der Waals surface area contributed by atoms with E-state index in [1.807, 2.05) is 0 Å². The van der Waals surface area contributed by atoms with Crippen LogP contribution in [0.2, 0.25) is 5.02 Å². The Kier molecular flexibility index (Phi) is 3.84. The van der Waals surface area contributed by atoms with Gasteiger partial charge in [0.05, 0.1) is 10.5 Å². The van der Waals surface area contributed by atoms with E-state index in [1.165, 1.54) is 12.1 Å². The number of nitrogens with zero attached hydrogens (tertiary/aromatic N) is 2. The quantitative estimate of drug-likeness (QED) is 0.517. The molecule has 0 heterocycles. The number of rotatable bonds is 2. The van der Waals surface area contributed by atoms with Crippen molar-refractivity contribution in [1.29, 1.82) is 0 Å². The number of hydrogen-bond donors (Lipinski definition) is 1. The molecule has 0 spiro atoms. The maximum Gasteiger partial charge on any atom is 0.289 e. The van der Waals surface area contributed by atoms with Gasteiger partial charge in [-0.05, 0) is 6.07 Å². The van der Waals surface area contributed by atoms with Gasteiger partial charge in [-0.1, -0.05) is 27.5 Å². The number of hydrogen-bond acceptors (Lipinski definition) is 4. The zero-order valence-corrected chi connectivity index (χ0v) is 10.3. The number of carbonyl (C=O) groups is 1. The van der Waals surface area contributed by atoms with Crippen LogP contribution in [0.25, 0.3) is 0 Å². The normalized spacial score (nSPS) is 10.0. The van der Waals surface area contributed by atoms with E-state index < -0.39 is 16.5 Å². The number of hydroxylamine groups is 2. The first-order chi connectivity index (χ1) is 7.34. The maximum atomic E-state index is 11.4. The van der Waals surface area contributed by atoms with Crippen LogP contribution in [0, 0.1) is 10.1 Å². The molecule has 0 aliphatic rings. The van der Waals surface area contributed by atoms with E-state index in [4.69, 9.17) is 16.8 Å². The van der Waals surface area contributed by atoms with Gasteiger partial charge in [0.25, 0.3) is 11.6 Å². The third-order valence-electron chi connectivity index (χ3n) is 1.74. The van der Waals surface area contributed by atoms with Crippen LogP contribution < -0.4 is 0 Å². The van der Waals surface area contributed by atoms with E-state index in [-0.39, 0.29) is 10.6 Å². The molecule has 86 valence electrons. The fraction of sp³-hybridized carbons (Fsp3) is 0.125. The van der Waals surface area contributed by atoms with Gasteiger partial charge in [-0.15, -0.1) is 0 Å². The third-order valence-corrected chi connectivity index (χ3v) is 2.59. The molecule has 0 atom stereocenters. The summed E-state index contributed by atoms with van der Waals surface area (Å²) in [4.78, 5) is 21.4. The summed E-state index contributed by atoms with van der Waals surface area (Å²) in [6.07, 6.45) is 0. The lowest BCUT2D eigenvalue weighted by Gasteiger charge is -2.10. The van der Waals surface area contributed by atoms with Gasteiger partial charge in [-0.2, -0.15) is 0 Å². The van der Waals surface area contributed by atoms with Crippen molar-refractivity contribution in [3.05, 3.63) is 37.3 Å². The molecule has 16 heavy (non-hydrogen) atoms. The molecule has 0 unspecified atom stereocenters. The predicted octanol–water partition coefficient (Wildman–Crippen LogP) is 2.47. The van der Waals surface area contributed by atoms with Crippen LogP contribution in [-0.2, 0) is 0 Å². The minimum absolute atomic E-state index is 0.146. The van der Waals surface area contributed by atoms with E-state index in [9.17, 15) is 14.9 Å². The maximum absolute atomic E-state index is 11.4. The summed E-state index contributed by atoms with van der Waals surface area (Å²) in [6, 6.07) is 2.47. The van der Waals surface area contributed by atoms with Gasteiger partial charge in [0.2, 0.25) is 0 Å². The smallest absolute Gasteiger partial charge is 0.286 e. The third kappa shape index (κ3) is 2.49. The number of amides is 1. The highest BCUT2D eigenvalue weighted by Gasteiger charge is 2.23. The molecule has 0 radical (unpaired) electrons. The van der Waals surface area contributed by atoms with Crippen LogP contribution in [0.3, 0.4) is 0 Å². The van der Waals surface area contributed by atoms with Gasteiger partial charge in [0, 0.05) is 17.6 Å². The molecular weight excluding hydrogens is 303 g/mol. The monoisotopic (exact) mass is 308 g/mol. The van der Waals surface area contributed by atoms with E-state index >= 15 is 0 Å². The molecule has 0 fully saturated rings. The Bertz CT molecular complexity index is 464. The number of nitro groups is 1. The zero-order chi connectivity index (χ0) is 12.5. The number of halogens is 2. The summed E-state index contributed by atoms with van der Waals surface area (Å²) in [5.41, 5.74) is -0.547. The lowest BCUT2D eigenvalue weighted by atomic mass is 10.2. The average Bonchev–Trinajstić information content (AvgIpc) is 2.19. The second-order valence-corrected chi connectivity index (χ2v) is 4.17. The highest BCUT2D eigenvalue weighted by Crippen LogP contribution is 2.32. The van der Waals surface area contributed by atoms with E-state index in [2.05, 4.69) is 15.9 Å². The SMILES string of the molecule is CN(O)C(=O)c1cc(Br)cc([N+](=O)[O-])c1Cl. The Morgan fingerprint density at radius 2 is 2.19 bits per heavy atom. The topological polar surface area (TPSA) is 83.7 Å². The van der Waals surface area contributed by atoms with Crippen molar-refractivity contribution in [1.82, 2.24) is 5.06 Å². The van der Waals surface area contributed by atoms with Crippen LogP contribution in [0.4, 0.5) is 5.69 Å². The zero-order valence-electron chi connectivity index (χ0n) is 7.98. The second kappa shape index (κ2) is 4.77. The van der Waals surface area contributed by atoms with Gasteiger partial charge < -0.3 is 0 Å². The lowest BCUT2D eigenvalue weighted by Crippen LogP contribution is -2.23. The minimum Gasteiger partial charge on any atom is -0.286 e. The van der Waals surface area contributed by atoms with Gasteiger partial charge in [-0.25, -0.2) is 5.06 Å². The molecule has 0 bridgehead atoms. The van der Waals surface area contributed by atoms with Gasteiger partial charge in [-0.3, -0.25) is 20.1 Å². The number of carbonyl (C=O) groups excluding carboxylic acids is 1. The molecule has 1 aromatic carbocycles. The highest BCUT2D eigenvalue weighted by molar-refractivity contribution is 9.10. The van der Waals surface area contributed by atoms with Gasteiger partial charge in [0.1, 0.15) is 5.02 Å². The van der Waals surface area contributed by atoms with Crippen LogP contribution in [0.5, 0.6) is 0 Å². The van der Waals surface area contributed by atoms with Crippen molar-refractivity contribution < 1.29 is 14.9 Å². The summed E-state index contributed by atoms with van der Waals surface area (Å²) in [5.74, 6) is -0.825. The molecule has 8 heteroatoms. The molecule has 0 aliphatic heterocycles. The van der Waals surface area contributed by atoms with Crippen LogP contribution in [0.1, 0.15) is 10.4 Å². The van der Waals surface area contributed by atoms with Crippen molar-refractivity contribution in [2.75, 3.05) is 7.05 Å². The second-order valence-electron chi connectivity index (χ2n) is 2.87. The molecule has 0 saturated heterocycles. The van der Waals surface area contributed by atoms with Crippen molar-refractivity contribution >= 4 is 39.1 Å². The first-order valence-electron chi connectivity index (χ1n) is 3.95. The molecular formula is C8H6BrClN2O4. The number of benzene rings is 1. The molecule has 1 amide bonds. The van der Waals surface area contributed by atoms with Gasteiger partial charge in [0.15, 0.2) is 0 Å². The summed E-state index contributed by atoms with van der Waals surface area (Å²) in [6.45, 7) is 0. The summed E-state index contributed by atoms with van der Waals surface area (Å²) in [7, 11) is 1.10. The number of nitro benzene ring substituents is 1. The Labute approximate surface area is 104 Å². The van der Waals surface area contributed by atoms with Crippen LogP contribution in [-0.4, -0.2) is 28.1 Å². The van der Waals surface area contributed by atoms with E-state index in [0.29, 0.717) is 9.54 Å². The molecule has 0 aromatic heterocycles. The predicted molar refractivity (Wildman–Crippen MR) is 59.7 cm³/mol. The summed E-state index contributed by atoms with van der Waals surface area (Å²) >= 11 is 8.71. The molecule has 6 nitrogen and oxygen atoms in total.